The fourth-order valence-electron chi connectivity index (χ4n) is 1.92. The van der Waals surface area contributed by atoms with Crippen LogP contribution < -0.4 is 5.73 Å². The Kier molecular flexibility index (Phi) is 4.99. The van der Waals surface area contributed by atoms with Crippen LogP contribution >= 0.6 is 11.8 Å². The van der Waals surface area contributed by atoms with Gasteiger partial charge >= 0.3 is 0 Å². The minimum absolute atomic E-state index is 0.00229. The minimum atomic E-state index is -0.465. The van der Waals surface area contributed by atoms with Gasteiger partial charge in [0, 0.05) is 25.1 Å². The number of primary amides is 1. The van der Waals surface area contributed by atoms with Crippen molar-refractivity contribution in [3.05, 3.63) is 0 Å². The summed E-state index contributed by atoms with van der Waals surface area (Å²) >= 11 is 1.13. The summed E-state index contributed by atoms with van der Waals surface area (Å²) in [6.07, 6.45) is 1.46. The number of rotatable bonds is 4. The number of hydrogen-bond donors (Lipinski definition) is 1. The van der Waals surface area contributed by atoms with Crippen LogP contribution in [0.4, 0.5) is 0 Å². The second kappa shape index (κ2) is 6.05. The normalized spacial score (nSPS) is 21.3. The highest BCUT2D eigenvalue weighted by atomic mass is 32.2. The molecule has 5 nitrogen and oxygen atoms in total. The molecule has 0 spiro atoms. The molecule has 2 N–H and O–H groups in total. The standard InChI is InChI=1S/C11H18N2O3S/c1-7(6-17-8(2)14)11(16)13-5-3-4-9(13)10(12)15/h7,9H,3-6H2,1-2H3,(H2,12,15)/t7?,9-/m0/s1. The van der Waals surface area contributed by atoms with Gasteiger partial charge < -0.3 is 10.6 Å². The van der Waals surface area contributed by atoms with E-state index in [2.05, 4.69) is 0 Å². The lowest BCUT2D eigenvalue weighted by Gasteiger charge is -2.25. The van der Waals surface area contributed by atoms with Crippen molar-refractivity contribution in [1.29, 1.82) is 0 Å². The zero-order chi connectivity index (χ0) is 13.0. The summed E-state index contributed by atoms with van der Waals surface area (Å²) in [5, 5.41) is -0.00229. The van der Waals surface area contributed by atoms with Crippen molar-refractivity contribution in [2.45, 2.75) is 32.7 Å². The molecule has 2 atom stereocenters. The Morgan fingerprint density at radius 1 is 1.47 bits per heavy atom. The zero-order valence-corrected chi connectivity index (χ0v) is 11.0. The van der Waals surface area contributed by atoms with E-state index in [9.17, 15) is 14.4 Å². The maximum atomic E-state index is 12.1. The Morgan fingerprint density at radius 3 is 2.65 bits per heavy atom. The molecule has 1 heterocycles. The predicted molar refractivity (Wildman–Crippen MR) is 66.2 cm³/mol. The summed E-state index contributed by atoms with van der Waals surface area (Å²) in [7, 11) is 0. The molecule has 96 valence electrons. The van der Waals surface area contributed by atoms with E-state index in [-0.39, 0.29) is 16.9 Å². The van der Waals surface area contributed by atoms with E-state index in [0.29, 0.717) is 18.7 Å². The van der Waals surface area contributed by atoms with Crippen molar-refractivity contribution in [2.75, 3.05) is 12.3 Å². The van der Waals surface area contributed by atoms with Crippen LogP contribution in [0.1, 0.15) is 26.7 Å². The minimum Gasteiger partial charge on any atom is -0.368 e. The van der Waals surface area contributed by atoms with E-state index in [1.165, 1.54) is 6.92 Å². The van der Waals surface area contributed by atoms with Crippen LogP contribution in [0.2, 0.25) is 0 Å². The molecular formula is C11H18N2O3S. The molecular weight excluding hydrogens is 240 g/mol. The lowest BCUT2D eigenvalue weighted by molar-refractivity contribution is -0.139. The van der Waals surface area contributed by atoms with Gasteiger partial charge in [-0.15, -0.1) is 0 Å². The smallest absolute Gasteiger partial charge is 0.240 e. The predicted octanol–water partition coefficient (Wildman–Crippen LogP) is 0.379. The van der Waals surface area contributed by atoms with E-state index >= 15 is 0 Å². The van der Waals surface area contributed by atoms with Crippen molar-refractivity contribution in [2.24, 2.45) is 11.7 Å². The van der Waals surface area contributed by atoms with Gasteiger partial charge in [0.15, 0.2) is 5.12 Å². The molecule has 1 aliphatic heterocycles. The molecule has 1 aliphatic rings. The van der Waals surface area contributed by atoms with E-state index in [4.69, 9.17) is 5.73 Å². The summed E-state index contributed by atoms with van der Waals surface area (Å²) in [5.41, 5.74) is 5.26. The molecule has 17 heavy (non-hydrogen) atoms. The monoisotopic (exact) mass is 258 g/mol. The van der Waals surface area contributed by atoms with Gasteiger partial charge in [-0.3, -0.25) is 14.4 Å². The van der Waals surface area contributed by atoms with Crippen molar-refractivity contribution in [1.82, 2.24) is 4.90 Å². The van der Waals surface area contributed by atoms with Crippen LogP contribution in [-0.2, 0) is 14.4 Å². The van der Waals surface area contributed by atoms with Crippen molar-refractivity contribution >= 4 is 28.7 Å². The average Bonchev–Trinajstić information content (AvgIpc) is 2.73. The topological polar surface area (TPSA) is 80.5 Å². The lowest BCUT2D eigenvalue weighted by atomic mass is 10.1. The third-order valence-electron chi connectivity index (χ3n) is 2.82. The van der Waals surface area contributed by atoms with E-state index < -0.39 is 11.9 Å². The quantitative estimate of drug-likeness (QED) is 0.790. The lowest BCUT2D eigenvalue weighted by Crippen LogP contribution is -2.46. The Labute approximate surface area is 105 Å². The van der Waals surface area contributed by atoms with E-state index in [1.807, 2.05) is 0 Å². The number of carbonyl (C=O) groups is 3. The molecule has 1 fully saturated rings. The number of likely N-dealkylation sites (tertiary alicyclic amines) is 1. The largest absolute Gasteiger partial charge is 0.368 e. The molecule has 0 aromatic rings. The van der Waals surface area contributed by atoms with Crippen molar-refractivity contribution < 1.29 is 14.4 Å². The second-order valence-electron chi connectivity index (χ2n) is 4.30. The summed E-state index contributed by atoms with van der Waals surface area (Å²) in [6.45, 7) is 3.83. The summed E-state index contributed by atoms with van der Waals surface area (Å²) < 4.78 is 0. The number of amides is 2. The molecule has 0 aromatic heterocycles. The number of thioether (sulfide) groups is 1. The molecule has 2 amide bonds. The highest BCUT2D eigenvalue weighted by Crippen LogP contribution is 2.21. The third kappa shape index (κ3) is 3.73. The second-order valence-corrected chi connectivity index (χ2v) is 5.49. The molecule has 1 saturated heterocycles. The zero-order valence-electron chi connectivity index (χ0n) is 10.1. The molecule has 0 aromatic carbocycles. The highest BCUT2D eigenvalue weighted by Gasteiger charge is 2.34. The summed E-state index contributed by atoms with van der Waals surface area (Å²) in [6, 6.07) is -0.465. The Balaban J connectivity index is 2.56. The van der Waals surface area contributed by atoms with Crippen LogP contribution in [0.3, 0.4) is 0 Å². The Hall–Kier alpha value is -1.04. The van der Waals surface area contributed by atoms with Crippen LogP contribution in [0.5, 0.6) is 0 Å². The van der Waals surface area contributed by atoms with Crippen molar-refractivity contribution in [3.8, 4) is 0 Å². The molecule has 0 saturated carbocycles. The first-order valence-electron chi connectivity index (χ1n) is 5.66. The van der Waals surface area contributed by atoms with Crippen LogP contribution in [0.25, 0.3) is 0 Å². The van der Waals surface area contributed by atoms with E-state index in [0.717, 1.165) is 18.2 Å². The summed E-state index contributed by atoms with van der Waals surface area (Å²) in [5.74, 6) is -0.331. The maximum Gasteiger partial charge on any atom is 0.240 e. The molecule has 0 aliphatic carbocycles. The molecule has 1 rings (SSSR count). The van der Waals surface area contributed by atoms with Crippen molar-refractivity contribution in [3.63, 3.8) is 0 Å². The maximum absolute atomic E-state index is 12.1. The Bertz CT molecular complexity index is 333. The molecule has 0 bridgehead atoms. The van der Waals surface area contributed by atoms with Gasteiger partial charge in [-0.25, -0.2) is 0 Å². The fraction of sp³-hybridized carbons (Fsp3) is 0.727. The molecule has 6 heteroatoms. The average molecular weight is 258 g/mol. The number of carbonyl (C=O) groups excluding carboxylic acids is 3. The summed E-state index contributed by atoms with van der Waals surface area (Å²) in [4.78, 5) is 35.6. The van der Waals surface area contributed by atoms with Gasteiger partial charge in [0.05, 0.1) is 0 Å². The van der Waals surface area contributed by atoms with Crippen LogP contribution in [0.15, 0.2) is 0 Å². The third-order valence-corrected chi connectivity index (χ3v) is 3.90. The number of nitrogens with zero attached hydrogens (tertiary/aromatic N) is 1. The molecule has 1 unspecified atom stereocenters. The van der Waals surface area contributed by atoms with Crippen LogP contribution in [-0.4, -0.2) is 40.2 Å². The first-order valence-corrected chi connectivity index (χ1v) is 6.65. The van der Waals surface area contributed by atoms with E-state index in [1.54, 1.807) is 11.8 Å². The van der Waals surface area contributed by atoms with Gasteiger partial charge in [-0.2, -0.15) is 0 Å². The van der Waals surface area contributed by atoms with Gasteiger partial charge in [0.2, 0.25) is 11.8 Å². The highest BCUT2D eigenvalue weighted by molar-refractivity contribution is 8.13. The van der Waals surface area contributed by atoms with Gasteiger partial charge in [0.1, 0.15) is 6.04 Å². The molecule has 0 radical (unpaired) electrons. The SMILES string of the molecule is CC(=O)SCC(C)C(=O)N1CCC[C@H]1C(N)=O. The number of nitrogens with two attached hydrogens (primary N) is 1. The first-order chi connectivity index (χ1) is 7.93. The van der Waals surface area contributed by atoms with Gasteiger partial charge in [-0.05, 0) is 12.8 Å². The van der Waals surface area contributed by atoms with Crippen LogP contribution in [0, 0.1) is 5.92 Å². The van der Waals surface area contributed by atoms with Gasteiger partial charge in [-0.1, -0.05) is 18.7 Å². The Morgan fingerprint density at radius 2 is 2.12 bits per heavy atom. The fourth-order valence-corrected chi connectivity index (χ4v) is 2.55. The number of hydrogen-bond acceptors (Lipinski definition) is 4. The van der Waals surface area contributed by atoms with Gasteiger partial charge in [0.25, 0.3) is 0 Å². The first kappa shape index (κ1) is 14.0.